The molecule has 1 heterocycles. The van der Waals surface area contributed by atoms with E-state index in [9.17, 15) is 0 Å². The number of rotatable bonds is 3. The molecule has 2 heteroatoms. The predicted octanol–water partition coefficient (Wildman–Crippen LogP) is 2.29. The van der Waals surface area contributed by atoms with Crippen LogP contribution < -0.4 is 5.73 Å². The first kappa shape index (κ1) is 10.7. The number of hydrogen-bond donors (Lipinski definition) is 1. The molecular weight excluding hydrogens is 186 g/mol. The molecule has 0 aromatic heterocycles. The maximum Gasteiger partial charge on any atom is 0.0500 e. The van der Waals surface area contributed by atoms with Crippen molar-refractivity contribution in [1.82, 2.24) is 0 Å². The van der Waals surface area contributed by atoms with E-state index in [2.05, 4.69) is 31.2 Å². The van der Waals surface area contributed by atoms with E-state index < -0.39 is 0 Å². The van der Waals surface area contributed by atoms with Crippen LogP contribution >= 0.6 is 0 Å². The molecule has 2 atom stereocenters. The molecule has 15 heavy (non-hydrogen) atoms. The van der Waals surface area contributed by atoms with Crippen LogP contribution in [0, 0.1) is 5.92 Å². The zero-order valence-corrected chi connectivity index (χ0v) is 9.28. The van der Waals surface area contributed by atoms with Crippen molar-refractivity contribution in [3.8, 4) is 0 Å². The van der Waals surface area contributed by atoms with E-state index in [1.165, 1.54) is 17.5 Å². The van der Waals surface area contributed by atoms with Crippen molar-refractivity contribution in [1.29, 1.82) is 0 Å². The Labute approximate surface area is 91.4 Å². The highest BCUT2D eigenvalue weighted by Crippen LogP contribution is 2.32. The summed E-state index contributed by atoms with van der Waals surface area (Å²) < 4.78 is 5.44. The molecule has 2 nitrogen and oxygen atoms in total. The number of hydrogen-bond acceptors (Lipinski definition) is 2. The lowest BCUT2D eigenvalue weighted by atomic mass is 9.84. The first-order valence-electron chi connectivity index (χ1n) is 5.68. The summed E-state index contributed by atoms with van der Waals surface area (Å²) in [6.07, 6.45) is 1.18. The van der Waals surface area contributed by atoms with E-state index in [1.807, 2.05) is 0 Å². The van der Waals surface area contributed by atoms with Gasteiger partial charge in [-0.3, -0.25) is 0 Å². The number of benzene rings is 1. The molecule has 1 saturated heterocycles. The number of nitrogens with two attached hydrogens (primary N) is 1. The Morgan fingerprint density at radius 1 is 1.47 bits per heavy atom. The van der Waals surface area contributed by atoms with Crippen molar-refractivity contribution in [3.63, 3.8) is 0 Å². The Bertz CT molecular complexity index is 318. The SMILES string of the molecule is CC(c1ccccc1CN)C1CCOC1. The van der Waals surface area contributed by atoms with Gasteiger partial charge in [0, 0.05) is 13.2 Å². The lowest BCUT2D eigenvalue weighted by Crippen LogP contribution is -2.13. The molecule has 1 aliphatic rings. The molecule has 0 aliphatic carbocycles. The van der Waals surface area contributed by atoms with Gasteiger partial charge in [-0.1, -0.05) is 31.2 Å². The van der Waals surface area contributed by atoms with Gasteiger partial charge in [-0.25, -0.2) is 0 Å². The van der Waals surface area contributed by atoms with Crippen LogP contribution in [-0.4, -0.2) is 13.2 Å². The van der Waals surface area contributed by atoms with Crippen molar-refractivity contribution in [3.05, 3.63) is 35.4 Å². The molecule has 0 bridgehead atoms. The summed E-state index contributed by atoms with van der Waals surface area (Å²) in [5, 5.41) is 0. The van der Waals surface area contributed by atoms with Gasteiger partial charge in [0.15, 0.2) is 0 Å². The normalized spacial score (nSPS) is 22.9. The topological polar surface area (TPSA) is 35.2 Å². The molecule has 0 amide bonds. The monoisotopic (exact) mass is 205 g/mol. The van der Waals surface area contributed by atoms with Gasteiger partial charge in [0.05, 0.1) is 6.61 Å². The Kier molecular flexibility index (Phi) is 3.39. The van der Waals surface area contributed by atoms with Crippen LogP contribution in [0.4, 0.5) is 0 Å². The van der Waals surface area contributed by atoms with E-state index in [4.69, 9.17) is 10.5 Å². The van der Waals surface area contributed by atoms with Crippen LogP contribution in [0.2, 0.25) is 0 Å². The second-order valence-corrected chi connectivity index (χ2v) is 4.32. The second kappa shape index (κ2) is 4.77. The average molecular weight is 205 g/mol. The summed E-state index contributed by atoms with van der Waals surface area (Å²) in [5.41, 5.74) is 8.43. The Balaban J connectivity index is 2.19. The van der Waals surface area contributed by atoms with Crippen molar-refractivity contribution in [2.75, 3.05) is 13.2 Å². The number of ether oxygens (including phenoxy) is 1. The standard InChI is InChI=1S/C13H19NO/c1-10(12-6-7-15-9-12)13-5-3-2-4-11(13)8-14/h2-5,10,12H,6-9,14H2,1H3. The molecule has 1 fully saturated rings. The minimum Gasteiger partial charge on any atom is -0.381 e. The molecule has 2 unspecified atom stereocenters. The zero-order valence-electron chi connectivity index (χ0n) is 9.28. The molecule has 1 aromatic rings. The summed E-state index contributed by atoms with van der Waals surface area (Å²) >= 11 is 0. The molecular formula is C13H19NO. The maximum atomic E-state index is 5.76. The third-order valence-corrected chi connectivity index (χ3v) is 3.44. The van der Waals surface area contributed by atoms with Crippen LogP contribution in [0.15, 0.2) is 24.3 Å². The summed E-state index contributed by atoms with van der Waals surface area (Å²) in [6.45, 7) is 4.74. The fraction of sp³-hybridized carbons (Fsp3) is 0.538. The van der Waals surface area contributed by atoms with E-state index in [-0.39, 0.29) is 0 Å². The smallest absolute Gasteiger partial charge is 0.0500 e. The molecule has 1 aromatic carbocycles. The predicted molar refractivity (Wildman–Crippen MR) is 61.7 cm³/mol. The van der Waals surface area contributed by atoms with Crippen molar-refractivity contribution in [2.45, 2.75) is 25.8 Å². The van der Waals surface area contributed by atoms with Gasteiger partial charge < -0.3 is 10.5 Å². The molecule has 0 radical (unpaired) electrons. The minimum atomic E-state index is 0.562. The first-order chi connectivity index (χ1) is 7.33. The van der Waals surface area contributed by atoms with Crippen molar-refractivity contribution >= 4 is 0 Å². The van der Waals surface area contributed by atoms with Gasteiger partial charge in [0.2, 0.25) is 0 Å². The molecule has 2 rings (SSSR count). The maximum absolute atomic E-state index is 5.76. The van der Waals surface area contributed by atoms with Gasteiger partial charge in [-0.15, -0.1) is 0 Å². The van der Waals surface area contributed by atoms with Crippen LogP contribution in [-0.2, 0) is 11.3 Å². The summed E-state index contributed by atoms with van der Waals surface area (Å²) in [6, 6.07) is 8.48. The van der Waals surface area contributed by atoms with E-state index in [1.54, 1.807) is 0 Å². The lowest BCUT2D eigenvalue weighted by Gasteiger charge is -2.20. The third-order valence-electron chi connectivity index (χ3n) is 3.44. The van der Waals surface area contributed by atoms with Crippen LogP contribution in [0.3, 0.4) is 0 Å². The highest BCUT2D eigenvalue weighted by atomic mass is 16.5. The van der Waals surface area contributed by atoms with Crippen LogP contribution in [0.25, 0.3) is 0 Å². The minimum absolute atomic E-state index is 0.562. The second-order valence-electron chi connectivity index (χ2n) is 4.32. The van der Waals surface area contributed by atoms with Crippen molar-refractivity contribution < 1.29 is 4.74 Å². The van der Waals surface area contributed by atoms with Crippen LogP contribution in [0.5, 0.6) is 0 Å². The summed E-state index contributed by atoms with van der Waals surface area (Å²) in [4.78, 5) is 0. The molecule has 82 valence electrons. The average Bonchev–Trinajstić information content (AvgIpc) is 2.81. The van der Waals surface area contributed by atoms with Gasteiger partial charge >= 0.3 is 0 Å². The van der Waals surface area contributed by atoms with Gasteiger partial charge in [0.1, 0.15) is 0 Å². The summed E-state index contributed by atoms with van der Waals surface area (Å²) in [5.74, 6) is 1.23. The van der Waals surface area contributed by atoms with Gasteiger partial charge in [-0.2, -0.15) is 0 Å². The van der Waals surface area contributed by atoms with E-state index in [0.717, 1.165) is 13.2 Å². The van der Waals surface area contributed by atoms with E-state index >= 15 is 0 Å². The largest absolute Gasteiger partial charge is 0.381 e. The zero-order chi connectivity index (χ0) is 10.7. The lowest BCUT2D eigenvalue weighted by molar-refractivity contribution is 0.181. The third kappa shape index (κ3) is 2.21. The highest BCUT2D eigenvalue weighted by Gasteiger charge is 2.24. The Morgan fingerprint density at radius 2 is 2.27 bits per heavy atom. The Morgan fingerprint density at radius 3 is 2.93 bits per heavy atom. The summed E-state index contributed by atoms with van der Waals surface area (Å²) in [7, 11) is 0. The highest BCUT2D eigenvalue weighted by molar-refractivity contribution is 5.30. The van der Waals surface area contributed by atoms with Gasteiger partial charge in [-0.05, 0) is 29.4 Å². The van der Waals surface area contributed by atoms with Crippen LogP contribution in [0.1, 0.15) is 30.4 Å². The Hall–Kier alpha value is -0.860. The molecule has 0 spiro atoms. The fourth-order valence-electron chi connectivity index (χ4n) is 2.37. The fourth-order valence-corrected chi connectivity index (χ4v) is 2.37. The quantitative estimate of drug-likeness (QED) is 0.821. The molecule has 1 aliphatic heterocycles. The first-order valence-corrected chi connectivity index (χ1v) is 5.68. The molecule has 2 N–H and O–H groups in total. The van der Waals surface area contributed by atoms with Crippen molar-refractivity contribution in [2.24, 2.45) is 11.7 Å². The molecule has 0 saturated carbocycles. The van der Waals surface area contributed by atoms with E-state index in [0.29, 0.717) is 18.4 Å². The van der Waals surface area contributed by atoms with Gasteiger partial charge in [0.25, 0.3) is 0 Å².